The number of fused-ring (bicyclic) bond motifs is 4. The first kappa shape index (κ1) is 21.8. The van der Waals surface area contributed by atoms with Crippen molar-refractivity contribution in [2.45, 2.75) is 38.8 Å². The summed E-state index contributed by atoms with van der Waals surface area (Å²) >= 11 is 1.66. The van der Waals surface area contributed by atoms with Crippen LogP contribution >= 0.6 is 11.3 Å². The fourth-order valence-corrected chi connectivity index (χ4v) is 5.75. The Morgan fingerprint density at radius 2 is 2.21 bits per heavy atom. The monoisotopic (exact) mass is 464 g/mol. The Kier molecular flexibility index (Phi) is 5.76. The number of carbonyl (C=O) groups excluding carboxylic acids is 1. The highest BCUT2D eigenvalue weighted by atomic mass is 32.1. The summed E-state index contributed by atoms with van der Waals surface area (Å²) in [6, 6.07) is 4.02. The quantitative estimate of drug-likeness (QED) is 0.580. The van der Waals surface area contributed by atoms with Crippen molar-refractivity contribution in [3.63, 3.8) is 0 Å². The van der Waals surface area contributed by atoms with Gasteiger partial charge in [-0.3, -0.25) is 9.79 Å². The number of anilines is 2. The van der Waals surface area contributed by atoms with E-state index in [4.69, 9.17) is 10.5 Å². The third-order valence-corrected chi connectivity index (χ3v) is 7.29. The van der Waals surface area contributed by atoms with Crippen LogP contribution in [-0.2, 0) is 24.2 Å². The maximum absolute atomic E-state index is 12.5. The molecule has 3 heterocycles. The summed E-state index contributed by atoms with van der Waals surface area (Å²) in [4.78, 5) is 29.9. The van der Waals surface area contributed by atoms with Gasteiger partial charge in [-0.25, -0.2) is 9.97 Å². The molecular weight excluding hydrogens is 436 g/mol. The van der Waals surface area contributed by atoms with Gasteiger partial charge in [0.1, 0.15) is 29.3 Å². The van der Waals surface area contributed by atoms with Crippen LogP contribution in [-0.4, -0.2) is 53.7 Å². The van der Waals surface area contributed by atoms with Crippen LogP contribution in [0.25, 0.3) is 10.2 Å². The van der Waals surface area contributed by atoms with Gasteiger partial charge in [0.15, 0.2) is 0 Å². The highest BCUT2D eigenvalue weighted by molar-refractivity contribution is 7.19. The van der Waals surface area contributed by atoms with Crippen molar-refractivity contribution in [3.8, 4) is 5.75 Å². The average Bonchev–Trinajstić information content (AvgIpc) is 3.40. The van der Waals surface area contributed by atoms with Gasteiger partial charge in [0, 0.05) is 37.1 Å². The first-order chi connectivity index (χ1) is 15.9. The largest absolute Gasteiger partial charge is 0.490 e. The van der Waals surface area contributed by atoms with Crippen molar-refractivity contribution >= 4 is 45.2 Å². The molecule has 9 heteroatoms. The van der Waals surface area contributed by atoms with Gasteiger partial charge in [0.2, 0.25) is 5.91 Å². The van der Waals surface area contributed by atoms with Gasteiger partial charge in [-0.15, -0.1) is 11.3 Å². The van der Waals surface area contributed by atoms with E-state index < -0.39 is 0 Å². The lowest BCUT2D eigenvalue weighted by atomic mass is 9.87. The van der Waals surface area contributed by atoms with Crippen LogP contribution in [0.3, 0.4) is 0 Å². The molecule has 8 nitrogen and oxygen atoms in total. The summed E-state index contributed by atoms with van der Waals surface area (Å²) in [6.07, 6.45) is 5.91. The Bertz CT molecular complexity index is 1250. The van der Waals surface area contributed by atoms with E-state index in [0.29, 0.717) is 13.2 Å². The van der Waals surface area contributed by atoms with Crippen LogP contribution in [0.1, 0.15) is 34.9 Å². The predicted molar refractivity (Wildman–Crippen MR) is 132 cm³/mol. The topological polar surface area (TPSA) is 106 Å². The molecule has 0 saturated carbocycles. The van der Waals surface area contributed by atoms with E-state index in [9.17, 15) is 4.79 Å². The van der Waals surface area contributed by atoms with Gasteiger partial charge in [0.05, 0.1) is 17.6 Å². The highest BCUT2D eigenvalue weighted by Gasteiger charge is 2.30. The Morgan fingerprint density at radius 3 is 3.00 bits per heavy atom. The number of nitrogens with two attached hydrogens (primary N) is 1. The van der Waals surface area contributed by atoms with Crippen molar-refractivity contribution in [2.24, 2.45) is 16.6 Å². The van der Waals surface area contributed by atoms with E-state index in [1.807, 2.05) is 33.3 Å². The van der Waals surface area contributed by atoms with Crippen LogP contribution in [0.5, 0.6) is 5.75 Å². The molecule has 0 fully saturated rings. The SMILES string of the molecule is C[C@@H](N)COc1cc2c(cc1Nc1ncnc3sc4c(c13)CC[C@H](C(=O)N(C)C)C4)C=NC2. The number of thiophene rings is 1. The maximum atomic E-state index is 12.5. The van der Waals surface area contributed by atoms with Crippen LogP contribution < -0.4 is 15.8 Å². The molecule has 172 valence electrons. The van der Waals surface area contributed by atoms with Gasteiger partial charge in [-0.05, 0) is 55.0 Å². The number of hydrogen-bond acceptors (Lipinski definition) is 8. The van der Waals surface area contributed by atoms with Gasteiger partial charge >= 0.3 is 0 Å². The zero-order valence-corrected chi connectivity index (χ0v) is 19.9. The van der Waals surface area contributed by atoms with E-state index in [1.54, 1.807) is 22.6 Å². The Hall–Kier alpha value is -3.04. The number of hydrogen-bond donors (Lipinski definition) is 2. The molecule has 1 aromatic carbocycles. The molecule has 0 bridgehead atoms. The lowest BCUT2D eigenvalue weighted by Crippen LogP contribution is -2.32. The van der Waals surface area contributed by atoms with Gasteiger partial charge < -0.3 is 20.7 Å². The number of rotatable bonds is 6. The van der Waals surface area contributed by atoms with E-state index in [2.05, 4.69) is 26.3 Å². The minimum atomic E-state index is -0.0742. The van der Waals surface area contributed by atoms with Crippen molar-refractivity contribution in [1.82, 2.24) is 14.9 Å². The van der Waals surface area contributed by atoms with E-state index in [1.165, 1.54) is 10.4 Å². The zero-order chi connectivity index (χ0) is 23.1. The first-order valence-electron chi connectivity index (χ1n) is 11.2. The molecule has 0 unspecified atom stereocenters. The summed E-state index contributed by atoms with van der Waals surface area (Å²) in [5.74, 6) is 1.72. The Balaban J connectivity index is 1.51. The van der Waals surface area contributed by atoms with Gasteiger partial charge in [-0.2, -0.15) is 0 Å². The van der Waals surface area contributed by atoms with Crippen molar-refractivity contribution in [1.29, 1.82) is 0 Å². The molecule has 33 heavy (non-hydrogen) atoms. The van der Waals surface area contributed by atoms with E-state index in [-0.39, 0.29) is 17.9 Å². The van der Waals surface area contributed by atoms with Crippen LogP contribution in [0.2, 0.25) is 0 Å². The number of aliphatic imine (C=N–C) groups is 1. The number of amides is 1. The number of benzene rings is 1. The minimum Gasteiger partial charge on any atom is -0.490 e. The number of ether oxygens (including phenoxy) is 1. The zero-order valence-electron chi connectivity index (χ0n) is 19.1. The van der Waals surface area contributed by atoms with Crippen molar-refractivity contribution in [2.75, 3.05) is 26.0 Å². The molecule has 1 aliphatic carbocycles. The lowest BCUT2D eigenvalue weighted by Gasteiger charge is -2.24. The molecule has 0 saturated heterocycles. The molecule has 2 aliphatic rings. The molecule has 1 aliphatic heterocycles. The Morgan fingerprint density at radius 1 is 1.36 bits per heavy atom. The second-order valence-electron chi connectivity index (χ2n) is 9.01. The van der Waals surface area contributed by atoms with Gasteiger partial charge in [-0.1, -0.05) is 0 Å². The molecule has 0 spiro atoms. The molecule has 2 atom stereocenters. The first-order valence-corrected chi connectivity index (χ1v) is 12.0. The van der Waals surface area contributed by atoms with Crippen LogP contribution in [0, 0.1) is 5.92 Å². The lowest BCUT2D eigenvalue weighted by molar-refractivity contribution is -0.133. The molecule has 2 aromatic heterocycles. The molecule has 3 N–H and O–H groups in total. The third kappa shape index (κ3) is 4.18. The highest BCUT2D eigenvalue weighted by Crippen LogP contribution is 2.42. The number of carbonyl (C=O) groups is 1. The summed E-state index contributed by atoms with van der Waals surface area (Å²) in [5, 5.41) is 4.55. The van der Waals surface area contributed by atoms with E-state index >= 15 is 0 Å². The van der Waals surface area contributed by atoms with Crippen molar-refractivity contribution in [3.05, 3.63) is 40.0 Å². The van der Waals surface area contributed by atoms with Crippen LogP contribution in [0.4, 0.5) is 11.5 Å². The number of aryl methyl sites for hydroxylation is 1. The summed E-state index contributed by atoms with van der Waals surface area (Å²) < 4.78 is 6.04. The van der Waals surface area contributed by atoms with Crippen LogP contribution in [0.15, 0.2) is 23.5 Å². The summed E-state index contributed by atoms with van der Waals surface area (Å²) in [7, 11) is 3.64. The fourth-order valence-electron chi connectivity index (χ4n) is 4.48. The van der Waals surface area contributed by atoms with Crippen molar-refractivity contribution < 1.29 is 9.53 Å². The maximum Gasteiger partial charge on any atom is 0.225 e. The summed E-state index contributed by atoms with van der Waals surface area (Å²) in [5.41, 5.74) is 10.2. The normalized spacial score (nSPS) is 17.5. The fraction of sp³-hybridized carbons (Fsp3) is 0.417. The average molecular weight is 465 g/mol. The third-order valence-electron chi connectivity index (χ3n) is 6.12. The molecule has 0 radical (unpaired) electrons. The summed E-state index contributed by atoms with van der Waals surface area (Å²) in [6.45, 7) is 3.00. The van der Waals surface area contributed by atoms with E-state index in [0.717, 1.165) is 57.9 Å². The van der Waals surface area contributed by atoms with Gasteiger partial charge in [0.25, 0.3) is 0 Å². The molecular formula is C24H28N6O2S. The molecule has 1 amide bonds. The molecule has 5 rings (SSSR count). The molecule has 3 aromatic rings. The number of nitrogens with zero attached hydrogens (tertiary/aromatic N) is 4. The predicted octanol–water partition coefficient (Wildman–Crippen LogP) is 3.29. The second-order valence-corrected chi connectivity index (χ2v) is 10.1. The minimum absolute atomic E-state index is 0.0270. The Labute approximate surface area is 196 Å². The smallest absolute Gasteiger partial charge is 0.225 e. The second kappa shape index (κ2) is 8.72. The number of aromatic nitrogens is 2. The number of nitrogens with one attached hydrogen (secondary N) is 1. The standard InChI is InChI=1S/C24H28N6O2S/c1-13(25)11-32-19-7-16-10-26-9-15(16)6-18(19)29-22-21-17-5-4-14(24(31)30(2)3)8-20(17)33-23(21)28-12-27-22/h6-7,9,12-14H,4-5,8,10-11,25H2,1-3H3,(H,27,28,29)/t13-,14+/m1/s1.